The van der Waals surface area contributed by atoms with E-state index in [1.54, 1.807) is 42.5 Å². The molecule has 2 rings (SSSR count). The molecule has 0 heterocycles. The van der Waals surface area contributed by atoms with Gasteiger partial charge in [-0.15, -0.1) is 0 Å². The van der Waals surface area contributed by atoms with E-state index >= 15 is 0 Å². The predicted molar refractivity (Wildman–Crippen MR) is 91.2 cm³/mol. The van der Waals surface area contributed by atoms with Gasteiger partial charge in [-0.05, 0) is 43.2 Å². The Morgan fingerprint density at radius 3 is 2.35 bits per heavy atom. The van der Waals surface area contributed by atoms with E-state index in [-0.39, 0.29) is 11.7 Å². The second-order valence-corrected chi connectivity index (χ2v) is 5.79. The van der Waals surface area contributed by atoms with E-state index in [0.29, 0.717) is 35.1 Å². The van der Waals surface area contributed by atoms with Crippen LogP contribution in [0.4, 0.5) is 5.69 Å². The quantitative estimate of drug-likeness (QED) is 0.814. The summed E-state index contributed by atoms with van der Waals surface area (Å²) in [5, 5.41) is 2.83. The van der Waals surface area contributed by atoms with Gasteiger partial charge in [0.1, 0.15) is 5.75 Å². The van der Waals surface area contributed by atoms with Crippen molar-refractivity contribution in [1.82, 2.24) is 0 Å². The zero-order chi connectivity index (χ0) is 16.8. The highest BCUT2D eigenvalue weighted by Crippen LogP contribution is 2.27. The number of carbonyl (C=O) groups excluding carboxylic acids is 2. The van der Waals surface area contributed by atoms with Crippen LogP contribution in [-0.2, 0) is 0 Å². The van der Waals surface area contributed by atoms with Crippen LogP contribution in [0.3, 0.4) is 0 Å². The largest absolute Gasteiger partial charge is 0.491 e. The first-order valence-electron chi connectivity index (χ1n) is 7.61. The SMILES string of the molecule is CC(=O)c1ccc(OCC(C)C)c(NC(=O)c2ccccc2)c1. The molecule has 0 saturated carbocycles. The van der Waals surface area contributed by atoms with Gasteiger partial charge in [0, 0.05) is 11.1 Å². The monoisotopic (exact) mass is 311 g/mol. The summed E-state index contributed by atoms with van der Waals surface area (Å²) in [4.78, 5) is 23.9. The molecule has 0 saturated heterocycles. The maximum atomic E-state index is 12.3. The van der Waals surface area contributed by atoms with Crippen molar-refractivity contribution in [2.75, 3.05) is 11.9 Å². The molecule has 0 radical (unpaired) electrons. The Hall–Kier alpha value is -2.62. The van der Waals surface area contributed by atoms with Crippen LogP contribution in [0, 0.1) is 5.92 Å². The van der Waals surface area contributed by atoms with Gasteiger partial charge >= 0.3 is 0 Å². The topological polar surface area (TPSA) is 55.4 Å². The maximum absolute atomic E-state index is 12.3. The highest BCUT2D eigenvalue weighted by Gasteiger charge is 2.12. The fourth-order valence-electron chi connectivity index (χ4n) is 2.01. The summed E-state index contributed by atoms with van der Waals surface area (Å²) in [7, 11) is 0. The molecular formula is C19H21NO3. The van der Waals surface area contributed by atoms with E-state index in [2.05, 4.69) is 5.32 Å². The molecule has 1 amide bonds. The second-order valence-electron chi connectivity index (χ2n) is 5.79. The van der Waals surface area contributed by atoms with Gasteiger partial charge in [0.25, 0.3) is 5.91 Å². The average Bonchev–Trinajstić information content (AvgIpc) is 2.54. The van der Waals surface area contributed by atoms with Crippen molar-refractivity contribution in [3.63, 3.8) is 0 Å². The number of ketones is 1. The van der Waals surface area contributed by atoms with Gasteiger partial charge in [-0.2, -0.15) is 0 Å². The summed E-state index contributed by atoms with van der Waals surface area (Å²) in [6.07, 6.45) is 0. The minimum absolute atomic E-state index is 0.0596. The number of rotatable bonds is 6. The van der Waals surface area contributed by atoms with Crippen LogP contribution in [-0.4, -0.2) is 18.3 Å². The van der Waals surface area contributed by atoms with E-state index in [0.717, 1.165) is 0 Å². The lowest BCUT2D eigenvalue weighted by Crippen LogP contribution is -2.14. The first-order chi connectivity index (χ1) is 11.0. The second kappa shape index (κ2) is 7.58. The molecule has 120 valence electrons. The van der Waals surface area contributed by atoms with Crippen molar-refractivity contribution < 1.29 is 14.3 Å². The number of benzene rings is 2. The Bertz CT molecular complexity index is 693. The Labute approximate surface area is 136 Å². The summed E-state index contributed by atoms with van der Waals surface area (Å²) < 4.78 is 5.74. The lowest BCUT2D eigenvalue weighted by molar-refractivity contribution is 0.101. The highest BCUT2D eigenvalue weighted by atomic mass is 16.5. The molecule has 23 heavy (non-hydrogen) atoms. The molecule has 0 aliphatic heterocycles. The van der Waals surface area contributed by atoms with Gasteiger partial charge in [-0.3, -0.25) is 9.59 Å². The van der Waals surface area contributed by atoms with Gasteiger partial charge < -0.3 is 10.1 Å². The van der Waals surface area contributed by atoms with E-state index in [4.69, 9.17) is 4.74 Å². The molecule has 2 aromatic rings. The number of anilines is 1. The standard InChI is InChI=1S/C19H21NO3/c1-13(2)12-23-18-10-9-16(14(3)21)11-17(18)20-19(22)15-7-5-4-6-8-15/h4-11,13H,12H2,1-3H3,(H,20,22). The number of nitrogens with one attached hydrogen (secondary N) is 1. The van der Waals surface area contributed by atoms with Crippen LogP contribution in [0.2, 0.25) is 0 Å². The minimum atomic E-state index is -0.235. The molecule has 0 aliphatic carbocycles. The summed E-state index contributed by atoms with van der Waals surface area (Å²) in [5.41, 5.74) is 1.59. The molecule has 1 N–H and O–H groups in total. The fraction of sp³-hybridized carbons (Fsp3) is 0.263. The molecule has 2 aromatic carbocycles. The third-order valence-corrected chi connectivity index (χ3v) is 3.24. The molecule has 0 aliphatic rings. The van der Waals surface area contributed by atoms with Crippen LogP contribution >= 0.6 is 0 Å². The zero-order valence-electron chi connectivity index (χ0n) is 13.6. The number of carbonyl (C=O) groups is 2. The normalized spacial score (nSPS) is 10.4. The predicted octanol–water partition coefficient (Wildman–Crippen LogP) is 4.18. The lowest BCUT2D eigenvalue weighted by Gasteiger charge is -2.15. The zero-order valence-corrected chi connectivity index (χ0v) is 13.6. The van der Waals surface area contributed by atoms with Crippen molar-refractivity contribution in [3.05, 3.63) is 59.7 Å². The first-order valence-corrected chi connectivity index (χ1v) is 7.61. The van der Waals surface area contributed by atoms with Crippen molar-refractivity contribution >= 4 is 17.4 Å². The Morgan fingerprint density at radius 1 is 1.04 bits per heavy atom. The van der Waals surface area contributed by atoms with Crippen LogP contribution < -0.4 is 10.1 Å². The van der Waals surface area contributed by atoms with Crippen molar-refractivity contribution in [1.29, 1.82) is 0 Å². The lowest BCUT2D eigenvalue weighted by atomic mass is 10.1. The van der Waals surface area contributed by atoms with Crippen LogP contribution in [0.25, 0.3) is 0 Å². The molecule has 0 aromatic heterocycles. The van der Waals surface area contributed by atoms with Crippen LogP contribution in [0.15, 0.2) is 48.5 Å². The van der Waals surface area contributed by atoms with Gasteiger partial charge in [0.05, 0.1) is 12.3 Å². The van der Waals surface area contributed by atoms with Crippen LogP contribution in [0.1, 0.15) is 41.5 Å². The Balaban J connectivity index is 2.27. The maximum Gasteiger partial charge on any atom is 0.255 e. The number of hydrogen-bond acceptors (Lipinski definition) is 3. The van der Waals surface area contributed by atoms with E-state index < -0.39 is 0 Å². The van der Waals surface area contributed by atoms with Gasteiger partial charge in [-0.1, -0.05) is 32.0 Å². The van der Waals surface area contributed by atoms with E-state index in [1.165, 1.54) is 6.92 Å². The molecule has 0 unspecified atom stereocenters. The first kappa shape index (κ1) is 16.7. The summed E-state index contributed by atoms with van der Waals surface area (Å²) >= 11 is 0. The molecule has 4 heteroatoms. The summed E-state index contributed by atoms with van der Waals surface area (Å²) in [6, 6.07) is 14.0. The third-order valence-electron chi connectivity index (χ3n) is 3.24. The van der Waals surface area contributed by atoms with Crippen molar-refractivity contribution in [3.8, 4) is 5.75 Å². The average molecular weight is 311 g/mol. The number of Topliss-reactive ketones (excluding diaryl/α,β-unsaturated/α-hetero) is 1. The van der Waals surface area contributed by atoms with Gasteiger partial charge in [0.15, 0.2) is 5.78 Å². The van der Waals surface area contributed by atoms with Crippen molar-refractivity contribution in [2.45, 2.75) is 20.8 Å². The van der Waals surface area contributed by atoms with Crippen molar-refractivity contribution in [2.24, 2.45) is 5.92 Å². The van der Waals surface area contributed by atoms with E-state index in [9.17, 15) is 9.59 Å². The van der Waals surface area contributed by atoms with E-state index in [1.807, 2.05) is 19.9 Å². The van der Waals surface area contributed by atoms with Gasteiger partial charge in [-0.25, -0.2) is 0 Å². The molecule has 4 nitrogen and oxygen atoms in total. The third kappa shape index (κ3) is 4.68. The molecule has 0 atom stereocenters. The summed E-state index contributed by atoms with van der Waals surface area (Å²) in [6.45, 7) is 6.12. The van der Waals surface area contributed by atoms with Crippen LogP contribution in [0.5, 0.6) is 5.75 Å². The molecule has 0 spiro atoms. The molecule has 0 bridgehead atoms. The smallest absolute Gasteiger partial charge is 0.255 e. The Kier molecular flexibility index (Phi) is 5.52. The molecule has 0 fully saturated rings. The number of ether oxygens (including phenoxy) is 1. The fourth-order valence-corrected chi connectivity index (χ4v) is 2.01. The minimum Gasteiger partial charge on any atom is -0.491 e. The molecular weight excluding hydrogens is 290 g/mol. The number of amides is 1. The summed E-state index contributed by atoms with van der Waals surface area (Å²) in [5.74, 6) is 0.629. The number of hydrogen-bond donors (Lipinski definition) is 1. The highest BCUT2D eigenvalue weighted by molar-refractivity contribution is 6.06. The Morgan fingerprint density at radius 2 is 1.74 bits per heavy atom. The van der Waals surface area contributed by atoms with Gasteiger partial charge in [0.2, 0.25) is 0 Å².